The molecule has 2 aliphatic heterocycles. The fraction of sp³-hybridized carbons (Fsp3) is 0.609. The number of rotatable bonds is 10. The lowest BCUT2D eigenvalue weighted by molar-refractivity contribution is 0.0652. The van der Waals surface area contributed by atoms with E-state index in [0.717, 1.165) is 64.4 Å². The number of likely N-dealkylation sites (tertiary alicyclic amines) is 1. The lowest BCUT2D eigenvalue weighted by atomic mass is 10.1. The molecule has 0 spiro atoms. The minimum atomic E-state index is -0.184. The van der Waals surface area contributed by atoms with Crippen molar-refractivity contribution in [3.63, 3.8) is 0 Å². The Balaban J connectivity index is 1.39. The zero-order valence-electron chi connectivity index (χ0n) is 18.7. The van der Waals surface area contributed by atoms with Gasteiger partial charge in [0.2, 0.25) is 0 Å². The quantitative estimate of drug-likeness (QED) is 0.255. The molecular weight excluding hydrogens is 394 g/mol. The lowest BCUT2D eigenvalue weighted by Gasteiger charge is -2.32. The molecule has 0 aliphatic carbocycles. The summed E-state index contributed by atoms with van der Waals surface area (Å²) in [6, 6.07) is 7.45. The van der Waals surface area contributed by atoms with Gasteiger partial charge in [-0.15, -0.1) is 0 Å². The molecule has 0 bridgehead atoms. The number of hydrogen-bond donors (Lipinski definition) is 2. The predicted octanol–water partition coefficient (Wildman–Crippen LogP) is 1.73. The Morgan fingerprint density at radius 2 is 1.77 bits per heavy atom. The van der Waals surface area contributed by atoms with Crippen molar-refractivity contribution in [1.82, 2.24) is 20.4 Å². The standard InChI is InChI=1S/C23H35N5O3/c1-3-24-23(26-18-10-14-27(15-11-18)16-17-31-2)25-12-6-7-13-28-21(29)19-8-4-5-9-20(19)22(28)30/h4-5,8-9,18H,3,6-7,10-17H2,1-2H3,(H2,24,25,26). The van der Waals surface area contributed by atoms with Crippen molar-refractivity contribution in [3.8, 4) is 0 Å². The normalized spacial score (nSPS) is 17.9. The van der Waals surface area contributed by atoms with E-state index in [-0.39, 0.29) is 11.8 Å². The maximum atomic E-state index is 12.4. The summed E-state index contributed by atoms with van der Waals surface area (Å²) in [7, 11) is 1.74. The Kier molecular flexibility index (Phi) is 8.85. The van der Waals surface area contributed by atoms with Gasteiger partial charge in [0.1, 0.15) is 0 Å². The van der Waals surface area contributed by atoms with E-state index in [1.165, 1.54) is 4.90 Å². The zero-order valence-corrected chi connectivity index (χ0v) is 18.7. The summed E-state index contributed by atoms with van der Waals surface area (Å²) < 4.78 is 5.17. The van der Waals surface area contributed by atoms with Crippen LogP contribution >= 0.6 is 0 Å². The number of unbranched alkanes of at least 4 members (excludes halogenated alkanes) is 1. The molecule has 8 heteroatoms. The first-order valence-electron chi connectivity index (χ1n) is 11.4. The molecule has 0 radical (unpaired) electrons. The number of nitrogens with one attached hydrogen (secondary N) is 2. The number of hydrogen-bond acceptors (Lipinski definition) is 5. The number of nitrogens with zero attached hydrogens (tertiary/aromatic N) is 3. The van der Waals surface area contributed by atoms with Crippen LogP contribution in [0, 0.1) is 0 Å². The molecule has 2 amide bonds. The second-order valence-electron chi connectivity index (χ2n) is 8.03. The highest BCUT2D eigenvalue weighted by molar-refractivity contribution is 6.21. The van der Waals surface area contributed by atoms with Gasteiger partial charge in [-0.3, -0.25) is 19.5 Å². The van der Waals surface area contributed by atoms with Gasteiger partial charge in [0, 0.05) is 52.4 Å². The van der Waals surface area contributed by atoms with Gasteiger partial charge in [0.15, 0.2) is 5.96 Å². The number of ether oxygens (including phenoxy) is 1. The number of imide groups is 1. The number of fused-ring (bicyclic) bond motifs is 1. The summed E-state index contributed by atoms with van der Waals surface area (Å²) in [5, 5.41) is 6.87. The van der Waals surface area contributed by atoms with Crippen LogP contribution in [0.2, 0.25) is 0 Å². The maximum absolute atomic E-state index is 12.4. The number of aliphatic imine (C=N–C) groups is 1. The first-order chi connectivity index (χ1) is 15.1. The monoisotopic (exact) mass is 429 g/mol. The summed E-state index contributed by atoms with van der Waals surface area (Å²) in [6.07, 6.45) is 3.74. The van der Waals surface area contributed by atoms with Crippen LogP contribution in [0.5, 0.6) is 0 Å². The highest BCUT2D eigenvalue weighted by atomic mass is 16.5. The number of benzene rings is 1. The van der Waals surface area contributed by atoms with E-state index in [0.29, 0.717) is 30.3 Å². The molecule has 2 N–H and O–H groups in total. The Labute approximate surface area is 185 Å². The molecule has 0 aromatic heterocycles. The number of piperidine rings is 1. The van der Waals surface area contributed by atoms with E-state index in [4.69, 9.17) is 9.73 Å². The number of carbonyl (C=O) groups is 2. The number of methoxy groups -OCH3 is 1. The second kappa shape index (κ2) is 11.8. The molecule has 2 heterocycles. The summed E-state index contributed by atoms with van der Waals surface area (Å²) in [5.74, 6) is 0.477. The maximum Gasteiger partial charge on any atom is 0.261 e. The van der Waals surface area contributed by atoms with Crippen molar-refractivity contribution in [3.05, 3.63) is 35.4 Å². The van der Waals surface area contributed by atoms with Crippen molar-refractivity contribution in [2.75, 3.05) is 53.0 Å². The summed E-state index contributed by atoms with van der Waals surface area (Å²) in [5.41, 5.74) is 1.02. The third-order valence-electron chi connectivity index (χ3n) is 5.82. The van der Waals surface area contributed by atoms with Crippen LogP contribution in [0.1, 0.15) is 53.3 Å². The molecule has 8 nitrogen and oxygen atoms in total. The van der Waals surface area contributed by atoms with Crippen molar-refractivity contribution in [2.24, 2.45) is 4.99 Å². The highest BCUT2D eigenvalue weighted by Crippen LogP contribution is 2.22. The van der Waals surface area contributed by atoms with E-state index < -0.39 is 0 Å². The highest BCUT2D eigenvalue weighted by Gasteiger charge is 2.34. The molecule has 170 valence electrons. The van der Waals surface area contributed by atoms with Gasteiger partial charge in [0.25, 0.3) is 11.8 Å². The lowest BCUT2D eigenvalue weighted by Crippen LogP contribution is -2.49. The molecule has 31 heavy (non-hydrogen) atoms. The fourth-order valence-electron chi connectivity index (χ4n) is 4.05. The molecule has 1 fully saturated rings. The second-order valence-corrected chi connectivity index (χ2v) is 8.03. The van der Waals surface area contributed by atoms with Crippen LogP contribution < -0.4 is 10.6 Å². The molecule has 2 aliphatic rings. The molecule has 3 rings (SSSR count). The molecular formula is C23H35N5O3. The third-order valence-corrected chi connectivity index (χ3v) is 5.82. The van der Waals surface area contributed by atoms with Gasteiger partial charge in [-0.25, -0.2) is 0 Å². The van der Waals surface area contributed by atoms with Gasteiger partial charge >= 0.3 is 0 Å². The first kappa shape index (κ1) is 23.2. The summed E-state index contributed by atoms with van der Waals surface area (Å²) in [4.78, 5) is 33.3. The Morgan fingerprint density at radius 1 is 1.10 bits per heavy atom. The topological polar surface area (TPSA) is 86.3 Å². The van der Waals surface area contributed by atoms with Crippen LogP contribution in [0.3, 0.4) is 0 Å². The van der Waals surface area contributed by atoms with Gasteiger partial charge in [-0.2, -0.15) is 0 Å². The molecule has 1 saturated heterocycles. The third kappa shape index (κ3) is 6.27. The molecule has 0 atom stereocenters. The van der Waals surface area contributed by atoms with E-state index in [9.17, 15) is 9.59 Å². The number of carbonyl (C=O) groups excluding carboxylic acids is 2. The van der Waals surface area contributed by atoms with Crippen LogP contribution in [-0.4, -0.2) is 86.6 Å². The van der Waals surface area contributed by atoms with Gasteiger partial charge in [-0.05, 0) is 44.7 Å². The smallest absolute Gasteiger partial charge is 0.261 e. The minimum absolute atomic E-state index is 0.184. The summed E-state index contributed by atoms with van der Waals surface area (Å²) >= 11 is 0. The predicted molar refractivity (Wildman–Crippen MR) is 121 cm³/mol. The van der Waals surface area contributed by atoms with Crippen molar-refractivity contribution in [2.45, 2.75) is 38.6 Å². The summed E-state index contributed by atoms with van der Waals surface area (Å²) in [6.45, 7) is 7.88. The van der Waals surface area contributed by atoms with E-state index >= 15 is 0 Å². The Hall–Kier alpha value is -2.45. The van der Waals surface area contributed by atoms with Crippen molar-refractivity contribution >= 4 is 17.8 Å². The first-order valence-corrected chi connectivity index (χ1v) is 11.4. The number of guanidine groups is 1. The van der Waals surface area contributed by atoms with Crippen LogP contribution in [0.25, 0.3) is 0 Å². The zero-order chi connectivity index (χ0) is 22.1. The average molecular weight is 430 g/mol. The molecule has 0 unspecified atom stereocenters. The van der Waals surface area contributed by atoms with E-state index in [1.807, 2.05) is 0 Å². The van der Waals surface area contributed by atoms with Crippen molar-refractivity contribution in [1.29, 1.82) is 0 Å². The van der Waals surface area contributed by atoms with Crippen LogP contribution in [0.4, 0.5) is 0 Å². The van der Waals surface area contributed by atoms with E-state index in [2.05, 4.69) is 22.5 Å². The largest absolute Gasteiger partial charge is 0.383 e. The fourth-order valence-corrected chi connectivity index (χ4v) is 4.05. The Morgan fingerprint density at radius 3 is 2.39 bits per heavy atom. The SMILES string of the molecule is CCNC(=NCCCCN1C(=O)c2ccccc2C1=O)NC1CCN(CCOC)CC1. The van der Waals surface area contributed by atoms with Gasteiger partial charge in [0.05, 0.1) is 17.7 Å². The van der Waals surface area contributed by atoms with Gasteiger partial charge < -0.3 is 20.3 Å². The average Bonchev–Trinajstić information content (AvgIpc) is 3.03. The van der Waals surface area contributed by atoms with Crippen LogP contribution in [-0.2, 0) is 4.74 Å². The molecule has 1 aromatic rings. The molecule has 0 saturated carbocycles. The minimum Gasteiger partial charge on any atom is -0.383 e. The Bertz CT molecular complexity index is 739. The molecule has 1 aromatic carbocycles. The van der Waals surface area contributed by atoms with Crippen LogP contribution in [0.15, 0.2) is 29.3 Å². The van der Waals surface area contributed by atoms with Gasteiger partial charge in [-0.1, -0.05) is 12.1 Å². The number of amides is 2. The van der Waals surface area contributed by atoms with Crippen molar-refractivity contribution < 1.29 is 14.3 Å². The van der Waals surface area contributed by atoms with E-state index in [1.54, 1.807) is 31.4 Å².